The normalized spacial score (nSPS) is 19.6. The van der Waals surface area contributed by atoms with Crippen LogP contribution in [0.15, 0.2) is 29.2 Å². The Labute approximate surface area is 117 Å². The predicted octanol–water partition coefficient (Wildman–Crippen LogP) is 3.08. The van der Waals surface area contributed by atoms with Crippen molar-refractivity contribution in [2.75, 3.05) is 0 Å². The molecule has 4 heteroatoms. The van der Waals surface area contributed by atoms with Crippen molar-refractivity contribution in [3.05, 3.63) is 29.8 Å². The molecular formula is C15H20N2OS. The van der Waals surface area contributed by atoms with E-state index in [1.54, 1.807) is 0 Å². The van der Waals surface area contributed by atoms with E-state index in [4.69, 9.17) is 0 Å². The van der Waals surface area contributed by atoms with E-state index in [1.165, 1.54) is 19.3 Å². The molecule has 2 rings (SSSR count). The fourth-order valence-corrected chi connectivity index (χ4v) is 3.54. The van der Waals surface area contributed by atoms with Crippen molar-refractivity contribution in [2.24, 2.45) is 5.92 Å². The molecular weight excluding hydrogens is 256 g/mol. The van der Waals surface area contributed by atoms with Crippen LogP contribution in [0.1, 0.15) is 37.7 Å². The van der Waals surface area contributed by atoms with Gasteiger partial charge in [0.1, 0.15) is 17.0 Å². The molecule has 1 unspecified atom stereocenters. The first-order chi connectivity index (χ1) is 9.20. The van der Waals surface area contributed by atoms with Gasteiger partial charge in [-0.2, -0.15) is 5.26 Å². The number of nitrogens with one attached hydrogen (secondary N) is 1. The van der Waals surface area contributed by atoms with Crippen molar-refractivity contribution in [2.45, 2.75) is 50.0 Å². The Morgan fingerprint density at radius 3 is 2.47 bits per heavy atom. The molecule has 0 spiro atoms. The molecule has 1 aromatic carbocycles. The van der Waals surface area contributed by atoms with Crippen LogP contribution in [-0.4, -0.2) is 10.3 Å². The summed E-state index contributed by atoms with van der Waals surface area (Å²) in [6, 6.07) is 9.57. The lowest BCUT2D eigenvalue weighted by Gasteiger charge is -2.25. The van der Waals surface area contributed by atoms with Gasteiger partial charge in [-0.15, -0.1) is 0 Å². The maximum atomic E-state index is 12.2. The lowest BCUT2D eigenvalue weighted by molar-refractivity contribution is 0.326. The van der Waals surface area contributed by atoms with Crippen LogP contribution >= 0.6 is 0 Å². The topological polar surface area (TPSA) is 52.9 Å². The van der Waals surface area contributed by atoms with Gasteiger partial charge >= 0.3 is 0 Å². The van der Waals surface area contributed by atoms with Gasteiger partial charge in [0.15, 0.2) is 0 Å². The average molecular weight is 276 g/mol. The summed E-state index contributed by atoms with van der Waals surface area (Å²) in [4.78, 5) is 0.738. The molecule has 1 saturated carbocycles. The van der Waals surface area contributed by atoms with Crippen molar-refractivity contribution in [1.82, 2.24) is 4.72 Å². The van der Waals surface area contributed by atoms with E-state index in [0.29, 0.717) is 5.92 Å². The Morgan fingerprint density at radius 1 is 1.26 bits per heavy atom. The monoisotopic (exact) mass is 276 g/mol. The number of hydrogen-bond acceptors (Lipinski definition) is 2. The van der Waals surface area contributed by atoms with Crippen LogP contribution in [0, 0.1) is 24.2 Å². The minimum atomic E-state index is -1.30. The number of nitriles is 1. The third-order valence-electron chi connectivity index (χ3n) is 3.73. The van der Waals surface area contributed by atoms with Gasteiger partial charge in [-0.25, -0.2) is 8.93 Å². The molecule has 19 heavy (non-hydrogen) atoms. The van der Waals surface area contributed by atoms with Crippen LogP contribution in [0.5, 0.6) is 0 Å². The molecule has 2 atom stereocenters. The fourth-order valence-electron chi connectivity index (χ4n) is 2.54. The van der Waals surface area contributed by atoms with Crippen molar-refractivity contribution in [3.63, 3.8) is 0 Å². The quantitative estimate of drug-likeness (QED) is 0.918. The molecule has 0 heterocycles. The van der Waals surface area contributed by atoms with Crippen LogP contribution in [0.3, 0.4) is 0 Å². The Bertz CT molecular complexity index is 472. The summed E-state index contributed by atoms with van der Waals surface area (Å²) in [7, 11) is -1.30. The number of rotatable bonds is 4. The molecule has 0 radical (unpaired) electrons. The lowest BCUT2D eigenvalue weighted by atomic mass is 9.85. The summed E-state index contributed by atoms with van der Waals surface area (Å²) in [6.45, 7) is 2.00. The van der Waals surface area contributed by atoms with Gasteiger partial charge in [-0.1, -0.05) is 37.0 Å². The zero-order chi connectivity index (χ0) is 13.7. The molecule has 1 N–H and O–H groups in total. The van der Waals surface area contributed by atoms with Crippen LogP contribution in [0.4, 0.5) is 0 Å². The van der Waals surface area contributed by atoms with Gasteiger partial charge in [-0.3, -0.25) is 0 Å². The molecule has 0 aromatic heterocycles. The number of hydrogen-bond donors (Lipinski definition) is 1. The van der Waals surface area contributed by atoms with Crippen molar-refractivity contribution >= 4 is 11.0 Å². The summed E-state index contributed by atoms with van der Waals surface area (Å²) in [5.74, 6) is 0.341. The first kappa shape index (κ1) is 14.2. The highest BCUT2D eigenvalue weighted by atomic mass is 32.2. The summed E-state index contributed by atoms with van der Waals surface area (Å²) in [5.41, 5.74) is 1.14. The van der Waals surface area contributed by atoms with Crippen molar-refractivity contribution < 1.29 is 4.21 Å². The fraction of sp³-hybridized carbons (Fsp3) is 0.533. The molecule has 102 valence electrons. The third-order valence-corrected chi connectivity index (χ3v) is 4.90. The van der Waals surface area contributed by atoms with Crippen LogP contribution in [0.2, 0.25) is 0 Å². The van der Waals surface area contributed by atoms with E-state index in [9.17, 15) is 9.47 Å². The second kappa shape index (κ2) is 6.83. The number of aryl methyl sites for hydroxylation is 1. The average Bonchev–Trinajstić information content (AvgIpc) is 2.46. The Kier molecular flexibility index (Phi) is 5.12. The number of nitrogens with zero attached hydrogens (tertiary/aromatic N) is 1. The second-order valence-corrected chi connectivity index (χ2v) is 6.45. The van der Waals surface area contributed by atoms with E-state index < -0.39 is 11.0 Å². The molecule has 3 nitrogen and oxygen atoms in total. The number of benzene rings is 1. The largest absolute Gasteiger partial charge is 0.237 e. The van der Waals surface area contributed by atoms with E-state index in [0.717, 1.165) is 23.3 Å². The van der Waals surface area contributed by atoms with Crippen molar-refractivity contribution in [3.8, 4) is 6.07 Å². The maximum Gasteiger partial charge on any atom is 0.126 e. The van der Waals surface area contributed by atoms with Gasteiger partial charge in [-0.05, 0) is 37.8 Å². The summed E-state index contributed by atoms with van der Waals surface area (Å²) < 4.78 is 15.2. The maximum absolute atomic E-state index is 12.2. The first-order valence-electron chi connectivity index (χ1n) is 6.85. The van der Waals surface area contributed by atoms with Gasteiger partial charge in [0.2, 0.25) is 0 Å². The van der Waals surface area contributed by atoms with E-state index >= 15 is 0 Å². The molecule has 0 saturated heterocycles. The highest BCUT2D eigenvalue weighted by Crippen LogP contribution is 2.26. The zero-order valence-electron chi connectivity index (χ0n) is 11.3. The van der Waals surface area contributed by atoms with Crippen LogP contribution in [0.25, 0.3) is 0 Å². The summed E-state index contributed by atoms with van der Waals surface area (Å²) in [6.07, 6.45) is 5.76. The van der Waals surface area contributed by atoms with Crippen LogP contribution in [-0.2, 0) is 11.0 Å². The Hall–Kier alpha value is -1.18. The highest BCUT2D eigenvalue weighted by molar-refractivity contribution is 7.83. The van der Waals surface area contributed by atoms with Gasteiger partial charge in [0, 0.05) is 0 Å². The molecule has 0 amide bonds. The molecule has 0 bridgehead atoms. The molecule has 1 fully saturated rings. The molecule has 1 aliphatic carbocycles. The second-order valence-electron chi connectivity index (χ2n) is 5.20. The van der Waals surface area contributed by atoms with E-state index in [1.807, 2.05) is 31.2 Å². The minimum Gasteiger partial charge on any atom is -0.237 e. The smallest absolute Gasteiger partial charge is 0.126 e. The van der Waals surface area contributed by atoms with Gasteiger partial charge < -0.3 is 0 Å². The predicted molar refractivity (Wildman–Crippen MR) is 76.7 cm³/mol. The molecule has 1 aliphatic rings. The zero-order valence-corrected chi connectivity index (χ0v) is 12.1. The van der Waals surface area contributed by atoms with Crippen molar-refractivity contribution in [1.29, 1.82) is 5.26 Å². The summed E-state index contributed by atoms with van der Waals surface area (Å²) >= 11 is 0. The first-order valence-corrected chi connectivity index (χ1v) is 8.00. The SMILES string of the molecule is Cc1ccc(S(=O)N[C@@H](C#N)C2CCCCC2)cc1. The third kappa shape index (κ3) is 3.89. The molecule has 1 aromatic rings. The minimum absolute atomic E-state index is 0.303. The summed E-state index contributed by atoms with van der Waals surface area (Å²) in [5, 5.41) is 9.27. The highest BCUT2D eigenvalue weighted by Gasteiger charge is 2.25. The van der Waals surface area contributed by atoms with Gasteiger partial charge in [0.25, 0.3) is 0 Å². The Morgan fingerprint density at radius 2 is 1.89 bits per heavy atom. The van der Waals surface area contributed by atoms with Crippen LogP contribution < -0.4 is 4.72 Å². The molecule has 0 aliphatic heterocycles. The van der Waals surface area contributed by atoms with E-state index in [-0.39, 0.29) is 6.04 Å². The lowest BCUT2D eigenvalue weighted by Crippen LogP contribution is -2.37. The van der Waals surface area contributed by atoms with E-state index in [2.05, 4.69) is 10.8 Å². The Balaban J connectivity index is 1.99. The standard InChI is InChI=1S/C15H20N2OS/c1-12-7-9-14(10-8-12)19(18)17-15(11-16)13-5-3-2-4-6-13/h7-10,13,15,17H,2-6H2,1H3/t15-,19?/m0/s1. The van der Waals surface area contributed by atoms with Gasteiger partial charge in [0.05, 0.1) is 11.0 Å².